The zero-order valence-electron chi connectivity index (χ0n) is 10.4. The Morgan fingerprint density at radius 2 is 2.06 bits per heavy atom. The third-order valence-electron chi connectivity index (χ3n) is 2.03. The molecule has 1 aromatic carbocycles. The minimum absolute atomic E-state index is 0.0387. The quantitative estimate of drug-likeness (QED) is 0.463. The summed E-state index contributed by atoms with van der Waals surface area (Å²) in [6, 6.07) is 7.27. The summed E-state index contributed by atoms with van der Waals surface area (Å²) in [7, 11) is 0. The third-order valence-corrected chi connectivity index (χ3v) is 2.03. The summed E-state index contributed by atoms with van der Waals surface area (Å²) in [5.41, 5.74) is 1.48. The van der Waals surface area contributed by atoms with Crippen molar-refractivity contribution in [2.75, 3.05) is 6.61 Å². The number of ether oxygens (including phenoxy) is 1. The molecule has 3 heteroatoms. The molecule has 0 radical (unpaired) electrons. The molecule has 0 aliphatic carbocycles. The van der Waals surface area contributed by atoms with Gasteiger partial charge in [0.25, 0.3) is 0 Å². The number of rotatable bonds is 3. The lowest BCUT2D eigenvalue weighted by molar-refractivity contribution is -0.136. The highest BCUT2D eigenvalue weighted by atomic mass is 16.5. The van der Waals surface area contributed by atoms with Crippen LogP contribution >= 0.6 is 0 Å². The Labute approximate surface area is 106 Å². The van der Waals surface area contributed by atoms with Gasteiger partial charge in [0.1, 0.15) is 0 Å². The van der Waals surface area contributed by atoms with Crippen LogP contribution in [-0.4, -0.2) is 18.4 Å². The normalized spacial score (nSPS) is 9.67. The molecule has 1 aromatic rings. The van der Waals surface area contributed by atoms with Crippen molar-refractivity contribution in [3.63, 3.8) is 0 Å². The van der Waals surface area contributed by atoms with Crippen molar-refractivity contribution in [3.05, 3.63) is 41.5 Å². The van der Waals surface area contributed by atoms with Gasteiger partial charge in [0, 0.05) is 11.5 Å². The van der Waals surface area contributed by atoms with Gasteiger partial charge in [0.05, 0.1) is 6.61 Å². The number of carbonyl (C=O) groups excluding carboxylic acids is 2. The summed E-state index contributed by atoms with van der Waals surface area (Å²) in [4.78, 5) is 22.0. The summed E-state index contributed by atoms with van der Waals surface area (Å²) in [6.45, 7) is 3.51. The highest BCUT2D eigenvalue weighted by molar-refractivity contribution is 5.92. The lowest BCUT2D eigenvalue weighted by atomic mass is 10.1. The van der Waals surface area contributed by atoms with Gasteiger partial charge in [-0.05, 0) is 31.6 Å². The van der Waals surface area contributed by atoms with Gasteiger partial charge in [-0.25, -0.2) is 4.79 Å². The molecule has 0 saturated carbocycles. The fraction of sp³-hybridized carbons (Fsp3) is 0.200. The summed E-state index contributed by atoms with van der Waals surface area (Å²) in [6.07, 6.45) is 3.14. The Morgan fingerprint density at radius 3 is 2.72 bits per heavy atom. The molecule has 0 atom stereocenters. The highest BCUT2D eigenvalue weighted by Gasteiger charge is 1.97. The van der Waals surface area contributed by atoms with Gasteiger partial charge in [-0.15, -0.1) is 0 Å². The number of hydrogen-bond acceptors (Lipinski definition) is 3. The van der Waals surface area contributed by atoms with Crippen LogP contribution in [0.2, 0.25) is 0 Å². The van der Waals surface area contributed by atoms with Crippen molar-refractivity contribution in [3.8, 4) is 11.8 Å². The van der Waals surface area contributed by atoms with Crippen molar-refractivity contribution in [1.82, 2.24) is 0 Å². The second-order valence-corrected chi connectivity index (χ2v) is 3.50. The zero-order chi connectivity index (χ0) is 13.4. The molecular weight excluding hydrogens is 228 g/mol. The molecule has 0 heterocycles. The second kappa shape index (κ2) is 7.08. The topological polar surface area (TPSA) is 43.4 Å². The molecule has 92 valence electrons. The Hall–Kier alpha value is -2.34. The molecule has 18 heavy (non-hydrogen) atoms. The maximum atomic E-state index is 11.1. The molecule has 0 saturated heterocycles. The number of allylic oxidation sites excluding steroid dienone is 1. The van der Waals surface area contributed by atoms with Gasteiger partial charge in [0.15, 0.2) is 5.78 Å². The lowest BCUT2D eigenvalue weighted by Crippen LogP contribution is -1.99. The van der Waals surface area contributed by atoms with Crippen molar-refractivity contribution in [2.24, 2.45) is 0 Å². The van der Waals surface area contributed by atoms with Crippen LogP contribution in [0, 0.1) is 11.8 Å². The van der Waals surface area contributed by atoms with Gasteiger partial charge in [-0.3, -0.25) is 4.79 Å². The molecule has 1 rings (SSSR count). The lowest BCUT2D eigenvalue weighted by Gasteiger charge is -1.97. The molecule has 3 nitrogen and oxygen atoms in total. The molecule has 0 bridgehead atoms. The molecule has 0 N–H and O–H groups in total. The predicted molar refractivity (Wildman–Crippen MR) is 69.7 cm³/mol. The SMILES string of the molecule is CCOC(=O)C#Cc1ccccc1/C=C/C(C)=O. The van der Waals surface area contributed by atoms with Gasteiger partial charge in [-0.2, -0.15) is 0 Å². The molecular formula is C15H14O3. The summed E-state index contributed by atoms with van der Waals surface area (Å²) in [5, 5.41) is 0. The van der Waals surface area contributed by atoms with Crippen LogP contribution in [0.1, 0.15) is 25.0 Å². The van der Waals surface area contributed by atoms with Crippen LogP contribution < -0.4 is 0 Å². The van der Waals surface area contributed by atoms with Gasteiger partial charge < -0.3 is 4.74 Å². The van der Waals surface area contributed by atoms with Gasteiger partial charge in [0.2, 0.25) is 0 Å². The Bertz CT molecular complexity index is 530. The maximum Gasteiger partial charge on any atom is 0.384 e. The van der Waals surface area contributed by atoms with E-state index in [0.29, 0.717) is 12.2 Å². The molecule has 0 aliphatic heterocycles. The van der Waals surface area contributed by atoms with E-state index in [2.05, 4.69) is 11.8 Å². The van der Waals surface area contributed by atoms with Crippen molar-refractivity contribution >= 4 is 17.8 Å². The molecule has 0 amide bonds. The fourth-order valence-electron chi connectivity index (χ4n) is 1.25. The van der Waals surface area contributed by atoms with Crippen molar-refractivity contribution in [2.45, 2.75) is 13.8 Å². The molecule has 0 fully saturated rings. The number of carbonyl (C=O) groups is 2. The monoisotopic (exact) mass is 242 g/mol. The third kappa shape index (κ3) is 4.67. The Morgan fingerprint density at radius 1 is 1.33 bits per heavy atom. The first-order valence-electron chi connectivity index (χ1n) is 5.60. The Balaban J connectivity index is 2.95. The van der Waals surface area contributed by atoms with E-state index in [-0.39, 0.29) is 5.78 Å². The van der Waals surface area contributed by atoms with Crippen LogP contribution in [0.3, 0.4) is 0 Å². The zero-order valence-corrected chi connectivity index (χ0v) is 10.4. The van der Waals surface area contributed by atoms with Crippen LogP contribution in [0.5, 0.6) is 0 Å². The van der Waals surface area contributed by atoms with E-state index < -0.39 is 5.97 Å². The minimum atomic E-state index is -0.553. The van der Waals surface area contributed by atoms with E-state index in [0.717, 1.165) is 5.56 Å². The maximum absolute atomic E-state index is 11.1. The van der Waals surface area contributed by atoms with Crippen LogP contribution in [0.15, 0.2) is 30.3 Å². The predicted octanol–water partition coefficient (Wildman–Crippen LogP) is 2.20. The molecule has 0 unspecified atom stereocenters. The molecule has 0 aromatic heterocycles. The van der Waals surface area contributed by atoms with E-state index >= 15 is 0 Å². The van der Waals surface area contributed by atoms with Crippen LogP contribution in [0.25, 0.3) is 6.08 Å². The average molecular weight is 242 g/mol. The van der Waals surface area contributed by atoms with Gasteiger partial charge >= 0.3 is 5.97 Å². The Kier molecular flexibility index (Phi) is 5.40. The van der Waals surface area contributed by atoms with E-state index in [4.69, 9.17) is 4.74 Å². The smallest absolute Gasteiger partial charge is 0.384 e. The largest absolute Gasteiger partial charge is 0.456 e. The standard InChI is InChI=1S/C15H14O3/c1-3-18-15(17)11-10-14-7-5-4-6-13(14)9-8-12(2)16/h4-9H,3H2,1-2H3/b9-8+. The fourth-order valence-corrected chi connectivity index (χ4v) is 1.25. The van der Waals surface area contributed by atoms with E-state index in [1.165, 1.54) is 13.0 Å². The second-order valence-electron chi connectivity index (χ2n) is 3.50. The number of esters is 1. The van der Waals surface area contributed by atoms with Crippen LogP contribution in [0.4, 0.5) is 0 Å². The van der Waals surface area contributed by atoms with E-state index in [9.17, 15) is 9.59 Å². The van der Waals surface area contributed by atoms with E-state index in [1.54, 1.807) is 19.1 Å². The first kappa shape index (κ1) is 13.7. The summed E-state index contributed by atoms with van der Waals surface area (Å²) in [5.74, 6) is 4.54. The van der Waals surface area contributed by atoms with E-state index in [1.807, 2.05) is 18.2 Å². The highest BCUT2D eigenvalue weighted by Crippen LogP contribution is 2.09. The first-order chi connectivity index (χ1) is 8.63. The first-order valence-corrected chi connectivity index (χ1v) is 5.60. The van der Waals surface area contributed by atoms with Crippen molar-refractivity contribution < 1.29 is 14.3 Å². The van der Waals surface area contributed by atoms with Crippen LogP contribution in [-0.2, 0) is 14.3 Å². The van der Waals surface area contributed by atoms with Gasteiger partial charge in [-0.1, -0.05) is 30.2 Å². The minimum Gasteiger partial charge on any atom is -0.456 e. The number of hydrogen-bond donors (Lipinski definition) is 0. The molecule has 0 spiro atoms. The molecule has 0 aliphatic rings. The number of benzene rings is 1. The summed E-state index contributed by atoms with van der Waals surface area (Å²) < 4.78 is 4.72. The van der Waals surface area contributed by atoms with Crippen molar-refractivity contribution in [1.29, 1.82) is 0 Å². The summed E-state index contributed by atoms with van der Waals surface area (Å²) >= 11 is 0. The number of ketones is 1. The average Bonchev–Trinajstić information content (AvgIpc) is 2.35.